The first-order valence-electron chi connectivity index (χ1n) is 6.52. The molecule has 1 amide bonds. The molecule has 2 aromatic rings. The number of thiophene rings is 1. The van der Waals surface area contributed by atoms with E-state index in [1.54, 1.807) is 17.7 Å². The van der Waals surface area contributed by atoms with Gasteiger partial charge >= 0.3 is 0 Å². The normalized spacial score (nSPS) is 18.5. The highest BCUT2D eigenvalue weighted by molar-refractivity contribution is 8.00. The number of thioether (sulfide) groups is 1. The molecule has 1 unspecified atom stereocenters. The minimum atomic E-state index is 0.0208. The van der Waals surface area contributed by atoms with E-state index in [0.717, 1.165) is 34.7 Å². The second-order valence-electron chi connectivity index (χ2n) is 4.55. The predicted molar refractivity (Wildman–Crippen MR) is 80.1 cm³/mol. The first-order valence-corrected chi connectivity index (χ1v) is 8.39. The van der Waals surface area contributed by atoms with Crippen molar-refractivity contribution in [2.45, 2.75) is 24.0 Å². The summed E-state index contributed by atoms with van der Waals surface area (Å²) < 4.78 is 5.47. The van der Waals surface area contributed by atoms with E-state index in [4.69, 9.17) is 4.74 Å². The molecule has 3 rings (SSSR count). The summed E-state index contributed by atoms with van der Waals surface area (Å²) in [5, 5.41) is 6.79. The van der Waals surface area contributed by atoms with Gasteiger partial charge in [0.1, 0.15) is 16.2 Å². The van der Waals surface area contributed by atoms with Gasteiger partial charge < -0.3 is 10.1 Å². The first kappa shape index (κ1) is 13.8. The van der Waals surface area contributed by atoms with Crippen molar-refractivity contribution in [1.29, 1.82) is 0 Å². The van der Waals surface area contributed by atoms with Crippen LogP contribution in [0.5, 0.6) is 0 Å². The van der Waals surface area contributed by atoms with Gasteiger partial charge in [-0.2, -0.15) is 0 Å². The van der Waals surface area contributed by atoms with E-state index in [1.165, 1.54) is 11.8 Å². The molecule has 0 spiro atoms. The van der Waals surface area contributed by atoms with Crippen molar-refractivity contribution in [3.63, 3.8) is 0 Å². The molecule has 5 nitrogen and oxygen atoms in total. The van der Waals surface area contributed by atoms with Crippen LogP contribution in [0.25, 0.3) is 10.2 Å². The van der Waals surface area contributed by atoms with Crippen LogP contribution in [0, 0.1) is 0 Å². The number of aromatic nitrogens is 2. The SMILES string of the molecule is O=C(CSc1ncnc2sccc12)NCC1CCCO1. The van der Waals surface area contributed by atoms with Gasteiger partial charge in [0.25, 0.3) is 0 Å². The topological polar surface area (TPSA) is 64.1 Å². The number of rotatable bonds is 5. The summed E-state index contributed by atoms with van der Waals surface area (Å²) in [4.78, 5) is 21.2. The number of nitrogens with zero attached hydrogens (tertiary/aromatic N) is 2. The van der Waals surface area contributed by atoms with Gasteiger partial charge in [0, 0.05) is 18.5 Å². The third-order valence-electron chi connectivity index (χ3n) is 3.12. The lowest BCUT2D eigenvalue weighted by Gasteiger charge is -2.10. The van der Waals surface area contributed by atoms with Crippen LogP contribution >= 0.6 is 23.1 Å². The number of carbonyl (C=O) groups excluding carboxylic acids is 1. The average Bonchev–Trinajstić information content (AvgIpc) is 3.13. The van der Waals surface area contributed by atoms with E-state index in [1.807, 2.05) is 11.4 Å². The second kappa shape index (κ2) is 6.51. The van der Waals surface area contributed by atoms with Crippen molar-refractivity contribution < 1.29 is 9.53 Å². The Bertz CT molecular complexity index is 596. The molecular weight excluding hydrogens is 294 g/mol. The van der Waals surface area contributed by atoms with Crippen LogP contribution in [0.2, 0.25) is 0 Å². The van der Waals surface area contributed by atoms with E-state index in [-0.39, 0.29) is 12.0 Å². The van der Waals surface area contributed by atoms with Gasteiger partial charge in [0.2, 0.25) is 5.91 Å². The maximum absolute atomic E-state index is 11.8. The third-order valence-corrected chi connectivity index (χ3v) is 4.94. The second-order valence-corrected chi connectivity index (χ2v) is 6.40. The molecule has 1 saturated heterocycles. The molecule has 1 N–H and O–H groups in total. The maximum Gasteiger partial charge on any atom is 0.230 e. The van der Waals surface area contributed by atoms with E-state index >= 15 is 0 Å². The van der Waals surface area contributed by atoms with Crippen LogP contribution in [0.3, 0.4) is 0 Å². The molecular formula is C13H15N3O2S2. The van der Waals surface area contributed by atoms with Gasteiger partial charge in [0.15, 0.2) is 0 Å². The summed E-state index contributed by atoms with van der Waals surface area (Å²) in [5.41, 5.74) is 0. The van der Waals surface area contributed by atoms with E-state index in [2.05, 4.69) is 15.3 Å². The van der Waals surface area contributed by atoms with Gasteiger partial charge in [0.05, 0.1) is 11.9 Å². The Morgan fingerprint density at radius 2 is 2.50 bits per heavy atom. The molecule has 20 heavy (non-hydrogen) atoms. The number of hydrogen-bond donors (Lipinski definition) is 1. The number of hydrogen-bond acceptors (Lipinski definition) is 6. The summed E-state index contributed by atoms with van der Waals surface area (Å²) in [6, 6.07) is 1.99. The molecule has 3 heterocycles. The number of fused-ring (bicyclic) bond motifs is 1. The summed E-state index contributed by atoms with van der Waals surface area (Å²) in [5.74, 6) is 0.391. The molecule has 1 atom stereocenters. The first-order chi connectivity index (χ1) is 9.83. The van der Waals surface area contributed by atoms with Crippen molar-refractivity contribution >= 4 is 39.2 Å². The summed E-state index contributed by atoms with van der Waals surface area (Å²) in [6.45, 7) is 1.42. The Kier molecular flexibility index (Phi) is 4.49. The number of ether oxygens (including phenoxy) is 1. The quantitative estimate of drug-likeness (QED) is 0.677. The zero-order valence-corrected chi connectivity index (χ0v) is 12.5. The summed E-state index contributed by atoms with van der Waals surface area (Å²) >= 11 is 3.03. The minimum Gasteiger partial charge on any atom is -0.376 e. The van der Waals surface area contributed by atoms with Crippen molar-refractivity contribution in [2.75, 3.05) is 18.9 Å². The Balaban J connectivity index is 1.51. The van der Waals surface area contributed by atoms with Crippen LogP contribution in [0.15, 0.2) is 22.8 Å². The van der Waals surface area contributed by atoms with Crippen molar-refractivity contribution in [3.05, 3.63) is 17.8 Å². The number of amides is 1. The van der Waals surface area contributed by atoms with Crippen LogP contribution < -0.4 is 5.32 Å². The summed E-state index contributed by atoms with van der Waals surface area (Å²) in [6.07, 6.45) is 3.86. The highest BCUT2D eigenvalue weighted by Crippen LogP contribution is 2.27. The molecule has 1 aliphatic heterocycles. The van der Waals surface area contributed by atoms with Gasteiger partial charge in [-0.15, -0.1) is 11.3 Å². The van der Waals surface area contributed by atoms with Crippen molar-refractivity contribution in [1.82, 2.24) is 15.3 Å². The fourth-order valence-electron chi connectivity index (χ4n) is 2.10. The maximum atomic E-state index is 11.8. The van der Waals surface area contributed by atoms with Gasteiger partial charge in [-0.05, 0) is 24.3 Å². The zero-order chi connectivity index (χ0) is 13.8. The molecule has 0 aromatic carbocycles. The number of nitrogens with one attached hydrogen (secondary N) is 1. The Labute approximate surface area is 125 Å². The lowest BCUT2D eigenvalue weighted by molar-refractivity contribution is -0.119. The molecule has 0 saturated carbocycles. The molecule has 0 radical (unpaired) electrons. The smallest absolute Gasteiger partial charge is 0.230 e. The Morgan fingerprint density at radius 3 is 3.35 bits per heavy atom. The molecule has 106 valence electrons. The molecule has 1 fully saturated rings. The lowest BCUT2D eigenvalue weighted by atomic mass is 10.2. The largest absolute Gasteiger partial charge is 0.376 e. The molecule has 1 aliphatic rings. The summed E-state index contributed by atoms with van der Waals surface area (Å²) in [7, 11) is 0. The highest BCUT2D eigenvalue weighted by atomic mass is 32.2. The molecule has 0 aliphatic carbocycles. The van der Waals surface area contributed by atoms with Crippen LogP contribution in [0.4, 0.5) is 0 Å². The minimum absolute atomic E-state index is 0.0208. The Morgan fingerprint density at radius 1 is 1.55 bits per heavy atom. The van der Waals surface area contributed by atoms with Crippen LogP contribution in [0.1, 0.15) is 12.8 Å². The fraction of sp³-hybridized carbons (Fsp3) is 0.462. The number of carbonyl (C=O) groups is 1. The van der Waals surface area contributed by atoms with Crippen molar-refractivity contribution in [3.8, 4) is 0 Å². The average molecular weight is 309 g/mol. The predicted octanol–water partition coefficient (Wildman–Crippen LogP) is 2.08. The standard InChI is InChI=1S/C13H15N3O2S2/c17-11(14-6-9-2-1-4-18-9)7-20-13-10-3-5-19-12(10)15-8-16-13/h3,5,8-9H,1-2,4,6-7H2,(H,14,17). The zero-order valence-electron chi connectivity index (χ0n) is 10.9. The highest BCUT2D eigenvalue weighted by Gasteiger charge is 2.16. The molecule has 2 aromatic heterocycles. The van der Waals surface area contributed by atoms with E-state index in [9.17, 15) is 4.79 Å². The van der Waals surface area contributed by atoms with Crippen LogP contribution in [-0.2, 0) is 9.53 Å². The van der Waals surface area contributed by atoms with Crippen LogP contribution in [-0.4, -0.2) is 40.9 Å². The van der Waals surface area contributed by atoms with Gasteiger partial charge in [-0.3, -0.25) is 4.79 Å². The fourth-order valence-corrected chi connectivity index (χ4v) is 3.71. The monoisotopic (exact) mass is 309 g/mol. The van der Waals surface area contributed by atoms with E-state index in [0.29, 0.717) is 12.3 Å². The van der Waals surface area contributed by atoms with E-state index < -0.39 is 0 Å². The molecule has 0 bridgehead atoms. The van der Waals surface area contributed by atoms with Crippen molar-refractivity contribution in [2.24, 2.45) is 0 Å². The third kappa shape index (κ3) is 3.28. The lowest BCUT2D eigenvalue weighted by Crippen LogP contribution is -2.32. The Hall–Kier alpha value is -1.18. The molecule has 7 heteroatoms. The van der Waals surface area contributed by atoms with Gasteiger partial charge in [-0.1, -0.05) is 11.8 Å². The van der Waals surface area contributed by atoms with Gasteiger partial charge in [-0.25, -0.2) is 9.97 Å².